The number of nitrogens with zero attached hydrogens (tertiary/aromatic N) is 4. The van der Waals surface area contributed by atoms with E-state index in [1.807, 2.05) is 30.3 Å². The van der Waals surface area contributed by atoms with E-state index in [1.54, 1.807) is 31.2 Å². The summed E-state index contributed by atoms with van der Waals surface area (Å²) in [6.07, 6.45) is 0. The van der Waals surface area contributed by atoms with Crippen LogP contribution in [0.2, 0.25) is 0 Å². The van der Waals surface area contributed by atoms with Crippen LogP contribution in [0, 0.1) is 6.92 Å². The van der Waals surface area contributed by atoms with Gasteiger partial charge in [-0.2, -0.15) is 5.21 Å². The maximum Gasteiger partial charge on any atom is 0.278 e. The highest BCUT2D eigenvalue weighted by Crippen LogP contribution is 2.25. The highest BCUT2D eigenvalue weighted by molar-refractivity contribution is 6.06. The number of aromatic amines is 1. The van der Waals surface area contributed by atoms with Crippen LogP contribution in [0.3, 0.4) is 0 Å². The lowest BCUT2D eigenvalue weighted by molar-refractivity contribution is 0.102. The minimum absolute atomic E-state index is 0.246. The van der Waals surface area contributed by atoms with Gasteiger partial charge in [0, 0.05) is 23.7 Å². The van der Waals surface area contributed by atoms with Crippen molar-refractivity contribution in [2.24, 2.45) is 0 Å². The van der Waals surface area contributed by atoms with Crippen molar-refractivity contribution in [1.29, 1.82) is 0 Å². The molecule has 0 aliphatic rings. The Balaban J connectivity index is 1.57. The number of benzene rings is 2. The van der Waals surface area contributed by atoms with Gasteiger partial charge < -0.3 is 9.73 Å². The van der Waals surface area contributed by atoms with Crippen molar-refractivity contribution in [2.75, 3.05) is 5.32 Å². The third-order valence-electron chi connectivity index (χ3n) is 3.73. The van der Waals surface area contributed by atoms with Crippen molar-refractivity contribution in [1.82, 2.24) is 25.6 Å². The molecule has 2 aromatic heterocycles. The number of hydrogen-bond acceptors (Lipinski definition) is 6. The molecule has 1 amide bonds. The zero-order valence-corrected chi connectivity index (χ0v) is 13.8. The van der Waals surface area contributed by atoms with Crippen LogP contribution in [-0.4, -0.2) is 31.5 Å². The molecular formula is C18H14N6O2. The molecule has 4 aromatic rings. The number of carbonyl (C=O) groups excluding carboxylic acids is 1. The van der Waals surface area contributed by atoms with Crippen LogP contribution in [0.25, 0.3) is 22.7 Å². The van der Waals surface area contributed by atoms with Crippen LogP contribution in [0.4, 0.5) is 5.69 Å². The highest BCUT2D eigenvalue weighted by atomic mass is 16.4. The number of aryl methyl sites for hydroxylation is 1. The van der Waals surface area contributed by atoms with Crippen LogP contribution >= 0.6 is 0 Å². The summed E-state index contributed by atoms with van der Waals surface area (Å²) in [5.74, 6) is 1.03. The molecule has 2 heterocycles. The van der Waals surface area contributed by atoms with Gasteiger partial charge in [0.2, 0.25) is 5.82 Å². The van der Waals surface area contributed by atoms with Crippen molar-refractivity contribution >= 4 is 11.6 Å². The average Bonchev–Trinajstić information content (AvgIpc) is 3.33. The number of H-pyrrole nitrogens is 1. The van der Waals surface area contributed by atoms with Gasteiger partial charge in [0.1, 0.15) is 0 Å². The molecule has 26 heavy (non-hydrogen) atoms. The molecule has 0 bridgehead atoms. The van der Waals surface area contributed by atoms with E-state index in [1.165, 1.54) is 0 Å². The standard InChI is InChI=1S/C18H14N6O2/c1-11-19-15(16(26-11)12-5-3-2-4-6-12)18(25)20-14-9-7-13(8-10-14)17-21-23-24-22-17/h2-10H,1H3,(H,20,25)(H,21,22,23,24). The van der Waals surface area contributed by atoms with E-state index in [-0.39, 0.29) is 11.6 Å². The first-order valence-electron chi connectivity index (χ1n) is 7.89. The number of oxazole rings is 1. The van der Waals surface area contributed by atoms with Crippen molar-refractivity contribution in [3.05, 3.63) is 66.2 Å². The second kappa shape index (κ2) is 6.60. The first-order chi connectivity index (χ1) is 12.7. The maximum atomic E-state index is 12.7. The summed E-state index contributed by atoms with van der Waals surface area (Å²) in [4.78, 5) is 16.9. The Morgan fingerprint density at radius 2 is 1.81 bits per heavy atom. The number of aromatic nitrogens is 5. The monoisotopic (exact) mass is 346 g/mol. The number of anilines is 1. The summed E-state index contributed by atoms with van der Waals surface area (Å²) in [6, 6.07) is 16.5. The molecule has 2 aromatic carbocycles. The van der Waals surface area contributed by atoms with E-state index in [0.29, 0.717) is 23.2 Å². The van der Waals surface area contributed by atoms with Crippen molar-refractivity contribution in [3.63, 3.8) is 0 Å². The van der Waals surface area contributed by atoms with Crippen molar-refractivity contribution in [3.8, 4) is 22.7 Å². The molecular weight excluding hydrogens is 332 g/mol. The highest BCUT2D eigenvalue weighted by Gasteiger charge is 2.20. The van der Waals surface area contributed by atoms with Gasteiger partial charge in [-0.25, -0.2) is 4.98 Å². The van der Waals surface area contributed by atoms with Gasteiger partial charge in [-0.05, 0) is 29.5 Å². The van der Waals surface area contributed by atoms with E-state index in [0.717, 1.165) is 11.1 Å². The Hall–Kier alpha value is -3.81. The largest absolute Gasteiger partial charge is 0.440 e. The lowest BCUT2D eigenvalue weighted by Crippen LogP contribution is -2.13. The number of nitrogens with one attached hydrogen (secondary N) is 2. The normalized spacial score (nSPS) is 10.7. The number of tetrazole rings is 1. The van der Waals surface area contributed by atoms with Gasteiger partial charge in [0.05, 0.1) is 0 Å². The molecule has 8 nitrogen and oxygen atoms in total. The van der Waals surface area contributed by atoms with Gasteiger partial charge in [-0.1, -0.05) is 30.3 Å². The molecule has 0 saturated carbocycles. The molecule has 2 N–H and O–H groups in total. The van der Waals surface area contributed by atoms with Gasteiger partial charge in [0.15, 0.2) is 17.3 Å². The van der Waals surface area contributed by atoms with Crippen LogP contribution in [0.5, 0.6) is 0 Å². The molecule has 0 radical (unpaired) electrons. The maximum absolute atomic E-state index is 12.7. The predicted octanol–water partition coefficient (Wildman–Crippen LogP) is 3.08. The fourth-order valence-electron chi connectivity index (χ4n) is 2.54. The van der Waals surface area contributed by atoms with Gasteiger partial charge >= 0.3 is 0 Å². The molecule has 0 spiro atoms. The molecule has 0 fully saturated rings. The van der Waals surface area contributed by atoms with Gasteiger partial charge in [-0.3, -0.25) is 4.79 Å². The van der Waals surface area contributed by atoms with Crippen LogP contribution < -0.4 is 5.32 Å². The molecule has 0 atom stereocenters. The van der Waals surface area contributed by atoms with Gasteiger partial charge in [-0.15, -0.1) is 10.2 Å². The Morgan fingerprint density at radius 1 is 1.04 bits per heavy atom. The molecule has 128 valence electrons. The Labute approximate surface area is 148 Å². The number of rotatable bonds is 4. The lowest BCUT2D eigenvalue weighted by Gasteiger charge is -2.05. The van der Waals surface area contributed by atoms with E-state index in [2.05, 4.69) is 30.9 Å². The summed E-state index contributed by atoms with van der Waals surface area (Å²) in [5.41, 5.74) is 2.46. The predicted molar refractivity (Wildman–Crippen MR) is 94.2 cm³/mol. The van der Waals surface area contributed by atoms with E-state index in [4.69, 9.17) is 4.42 Å². The van der Waals surface area contributed by atoms with E-state index >= 15 is 0 Å². The number of hydrogen-bond donors (Lipinski definition) is 2. The Morgan fingerprint density at radius 3 is 2.50 bits per heavy atom. The molecule has 0 unspecified atom stereocenters. The topological polar surface area (TPSA) is 110 Å². The fraction of sp³-hybridized carbons (Fsp3) is 0.0556. The third kappa shape index (κ3) is 3.07. The molecule has 8 heteroatoms. The summed E-state index contributed by atoms with van der Waals surface area (Å²) in [7, 11) is 0. The molecule has 0 aliphatic carbocycles. The fourth-order valence-corrected chi connectivity index (χ4v) is 2.54. The summed E-state index contributed by atoms with van der Waals surface area (Å²) >= 11 is 0. The summed E-state index contributed by atoms with van der Waals surface area (Å²) in [6.45, 7) is 1.71. The van der Waals surface area contributed by atoms with E-state index in [9.17, 15) is 4.79 Å². The second-order valence-electron chi connectivity index (χ2n) is 5.54. The first kappa shape index (κ1) is 15.7. The number of amides is 1. The smallest absolute Gasteiger partial charge is 0.278 e. The van der Waals surface area contributed by atoms with E-state index < -0.39 is 0 Å². The summed E-state index contributed by atoms with van der Waals surface area (Å²) < 4.78 is 5.63. The quantitative estimate of drug-likeness (QED) is 0.587. The first-order valence-corrected chi connectivity index (χ1v) is 7.89. The third-order valence-corrected chi connectivity index (χ3v) is 3.73. The SMILES string of the molecule is Cc1nc(C(=O)Nc2ccc(-c3nn[nH]n3)cc2)c(-c2ccccc2)o1. The minimum Gasteiger partial charge on any atom is -0.440 e. The summed E-state index contributed by atoms with van der Waals surface area (Å²) in [5, 5.41) is 16.6. The lowest BCUT2D eigenvalue weighted by atomic mass is 10.1. The molecule has 4 rings (SSSR count). The van der Waals surface area contributed by atoms with Crippen molar-refractivity contribution < 1.29 is 9.21 Å². The van der Waals surface area contributed by atoms with Crippen LogP contribution in [0.15, 0.2) is 59.0 Å². The van der Waals surface area contributed by atoms with Gasteiger partial charge in [0.25, 0.3) is 5.91 Å². The zero-order valence-electron chi connectivity index (χ0n) is 13.8. The second-order valence-corrected chi connectivity index (χ2v) is 5.54. The van der Waals surface area contributed by atoms with Crippen LogP contribution in [-0.2, 0) is 0 Å². The average molecular weight is 346 g/mol. The Kier molecular flexibility index (Phi) is 3.98. The van der Waals surface area contributed by atoms with Crippen molar-refractivity contribution in [2.45, 2.75) is 6.92 Å². The number of carbonyl (C=O) groups is 1. The van der Waals surface area contributed by atoms with Crippen LogP contribution in [0.1, 0.15) is 16.4 Å². The zero-order chi connectivity index (χ0) is 17.9. The molecule has 0 aliphatic heterocycles. The minimum atomic E-state index is -0.340. The molecule has 0 saturated heterocycles. The Bertz CT molecular complexity index is 1020.